The van der Waals surface area contributed by atoms with Crippen LogP contribution in [0.15, 0.2) is 71.6 Å². The van der Waals surface area contributed by atoms with Crippen LogP contribution in [0.5, 0.6) is 5.75 Å². The number of amides is 2. The minimum absolute atomic E-state index is 0.106. The van der Waals surface area contributed by atoms with E-state index in [-0.39, 0.29) is 31.1 Å². The molecule has 1 fully saturated rings. The number of nitrogens with zero attached hydrogens (tertiary/aromatic N) is 3. The molecule has 0 saturated carbocycles. The summed E-state index contributed by atoms with van der Waals surface area (Å²) < 4.78 is 63.1. The summed E-state index contributed by atoms with van der Waals surface area (Å²) in [6, 6.07) is 15.0. The molecular weight excluding hydrogens is 578 g/mol. The number of fused-ring (bicyclic) bond motifs is 4. The SMILES string of the molecule is COc1ccc2c3c(n(C)c2c1)[C@@H](CO)N(C(=O)Nc1ccc(F)cc1)CC31CCN(S(=O)(=O)c2cccc(F)c2)CC1. The van der Waals surface area contributed by atoms with Gasteiger partial charge >= 0.3 is 6.03 Å². The van der Waals surface area contributed by atoms with Crippen molar-refractivity contribution in [2.24, 2.45) is 7.05 Å². The lowest BCUT2D eigenvalue weighted by molar-refractivity contribution is 0.0841. The predicted molar refractivity (Wildman–Crippen MR) is 157 cm³/mol. The summed E-state index contributed by atoms with van der Waals surface area (Å²) in [7, 11) is -0.486. The van der Waals surface area contributed by atoms with Crippen molar-refractivity contribution in [2.75, 3.05) is 38.7 Å². The first kappa shape index (κ1) is 29.1. The Bertz CT molecular complexity index is 1800. The van der Waals surface area contributed by atoms with Gasteiger partial charge < -0.3 is 24.6 Å². The quantitative estimate of drug-likeness (QED) is 0.339. The highest BCUT2D eigenvalue weighted by Gasteiger charge is 2.50. The second-order valence-electron chi connectivity index (χ2n) is 11.1. The van der Waals surface area contributed by atoms with E-state index in [2.05, 4.69) is 5.32 Å². The van der Waals surface area contributed by atoms with Crippen LogP contribution < -0.4 is 10.1 Å². The van der Waals surface area contributed by atoms with E-state index in [4.69, 9.17) is 4.74 Å². The van der Waals surface area contributed by atoms with E-state index in [0.717, 1.165) is 28.2 Å². The van der Waals surface area contributed by atoms with Crippen LogP contribution in [0.4, 0.5) is 19.3 Å². The average Bonchev–Trinajstić information content (AvgIpc) is 3.31. The molecule has 1 atom stereocenters. The third-order valence-corrected chi connectivity index (χ3v) is 10.7. The minimum atomic E-state index is -3.94. The molecule has 2 N–H and O–H groups in total. The van der Waals surface area contributed by atoms with Gasteiger partial charge in [0.2, 0.25) is 10.0 Å². The van der Waals surface area contributed by atoms with E-state index in [1.165, 1.54) is 46.8 Å². The molecule has 6 rings (SSSR count). The number of nitrogens with one attached hydrogen (secondary N) is 1. The van der Waals surface area contributed by atoms with Crippen molar-refractivity contribution in [1.82, 2.24) is 13.8 Å². The number of piperidine rings is 1. The van der Waals surface area contributed by atoms with Gasteiger partial charge in [-0.1, -0.05) is 6.07 Å². The van der Waals surface area contributed by atoms with Gasteiger partial charge in [-0.2, -0.15) is 4.31 Å². The Hall–Kier alpha value is -4.00. The number of carbonyl (C=O) groups is 1. The van der Waals surface area contributed by atoms with Gasteiger partial charge in [0.05, 0.1) is 30.2 Å². The molecule has 9 nitrogen and oxygen atoms in total. The van der Waals surface area contributed by atoms with Crippen molar-refractivity contribution in [3.8, 4) is 5.75 Å². The number of aryl methyl sites for hydroxylation is 1. The summed E-state index contributed by atoms with van der Waals surface area (Å²) in [6.45, 7) is 0.183. The number of methoxy groups -OCH3 is 1. The molecule has 4 aromatic rings. The number of carbonyl (C=O) groups excluding carboxylic acids is 1. The number of urea groups is 1. The number of anilines is 1. The van der Waals surface area contributed by atoms with Gasteiger partial charge in [0.1, 0.15) is 17.4 Å². The monoisotopic (exact) mass is 610 g/mol. The molecule has 2 aliphatic heterocycles. The van der Waals surface area contributed by atoms with E-state index in [1.807, 2.05) is 29.8 Å². The van der Waals surface area contributed by atoms with E-state index in [1.54, 1.807) is 12.0 Å². The molecule has 226 valence electrons. The number of rotatable bonds is 5. The van der Waals surface area contributed by atoms with Gasteiger partial charge in [-0.05, 0) is 73.0 Å². The number of hydrogen-bond donors (Lipinski definition) is 2. The molecule has 1 spiro atoms. The van der Waals surface area contributed by atoms with Crippen molar-refractivity contribution in [3.05, 3.63) is 89.6 Å². The molecule has 0 bridgehead atoms. The fourth-order valence-electron chi connectivity index (χ4n) is 6.64. The lowest BCUT2D eigenvalue weighted by Crippen LogP contribution is -2.56. The van der Waals surface area contributed by atoms with Crippen molar-refractivity contribution < 1.29 is 31.8 Å². The fraction of sp³-hybridized carbons (Fsp3) is 0.323. The van der Waals surface area contributed by atoms with E-state index >= 15 is 0 Å². The Kier molecular flexibility index (Phi) is 7.39. The molecule has 3 aromatic carbocycles. The van der Waals surface area contributed by atoms with Gasteiger partial charge in [-0.15, -0.1) is 0 Å². The van der Waals surface area contributed by atoms with Gasteiger partial charge in [0.25, 0.3) is 0 Å². The highest BCUT2D eigenvalue weighted by Crippen LogP contribution is 2.50. The number of aliphatic hydroxyl groups is 1. The van der Waals surface area contributed by atoms with Crippen LogP contribution >= 0.6 is 0 Å². The molecule has 2 amide bonds. The molecule has 43 heavy (non-hydrogen) atoms. The Morgan fingerprint density at radius 2 is 1.77 bits per heavy atom. The number of sulfonamides is 1. The number of ether oxygens (including phenoxy) is 1. The maximum absolute atomic E-state index is 13.9. The van der Waals surface area contributed by atoms with Crippen molar-refractivity contribution in [3.63, 3.8) is 0 Å². The van der Waals surface area contributed by atoms with Crippen LogP contribution in [0.3, 0.4) is 0 Å². The average molecular weight is 611 g/mol. The minimum Gasteiger partial charge on any atom is -0.497 e. The summed E-state index contributed by atoms with van der Waals surface area (Å²) in [6.07, 6.45) is 0.774. The van der Waals surface area contributed by atoms with Crippen molar-refractivity contribution >= 4 is 32.6 Å². The van der Waals surface area contributed by atoms with Crippen molar-refractivity contribution in [1.29, 1.82) is 0 Å². The first-order valence-electron chi connectivity index (χ1n) is 13.9. The maximum atomic E-state index is 13.9. The summed E-state index contributed by atoms with van der Waals surface area (Å²) in [5.74, 6) is -0.406. The Balaban J connectivity index is 1.42. The molecule has 2 aliphatic rings. The van der Waals surface area contributed by atoms with Crippen LogP contribution in [-0.2, 0) is 22.5 Å². The van der Waals surface area contributed by atoms with Gasteiger partial charge in [-0.25, -0.2) is 22.0 Å². The number of halogens is 2. The number of aliphatic hydroxyl groups excluding tert-OH is 1. The van der Waals surface area contributed by atoms with E-state index < -0.39 is 39.1 Å². The molecule has 1 saturated heterocycles. The first-order valence-corrected chi connectivity index (χ1v) is 15.4. The van der Waals surface area contributed by atoms with Crippen LogP contribution in [0.1, 0.15) is 30.1 Å². The third-order valence-electron chi connectivity index (χ3n) is 8.79. The van der Waals surface area contributed by atoms with Crippen LogP contribution in [0.2, 0.25) is 0 Å². The van der Waals surface area contributed by atoms with E-state index in [0.29, 0.717) is 24.3 Å². The van der Waals surface area contributed by atoms with Gasteiger partial charge in [0, 0.05) is 54.9 Å². The van der Waals surface area contributed by atoms with Gasteiger partial charge in [-0.3, -0.25) is 0 Å². The highest BCUT2D eigenvalue weighted by atomic mass is 32.2. The number of benzene rings is 3. The highest BCUT2D eigenvalue weighted by molar-refractivity contribution is 7.89. The zero-order valence-electron chi connectivity index (χ0n) is 23.8. The maximum Gasteiger partial charge on any atom is 0.322 e. The Morgan fingerprint density at radius 1 is 1.05 bits per heavy atom. The molecule has 3 heterocycles. The number of aromatic nitrogens is 1. The van der Waals surface area contributed by atoms with Crippen LogP contribution in [-0.4, -0.2) is 66.7 Å². The molecule has 0 aliphatic carbocycles. The van der Waals surface area contributed by atoms with E-state index in [9.17, 15) is 27.1 Å². The lowest BCUT2D eigenvalue weighted by atomic mass is 9.68. The molecule has 1 aromatic heterocycles. The van der Waals surface area contributed by atoms with Crippen molar-refractivity contribution in [2.45, 2.75) is 29.2 Å². The summed E-state index contributed by atoms with van der Waals surface area (Å²) in [5.41, 5.74) is 2.34. The largest absolute Gasteiger partial charge is 0.497 e. The predicted octanol–water partition coefficient (Wildman–Crippen LogP) is 4.77. The Labute approximate surface area is 248 Å². The zero-order chi connectivity index (χ0) is 30.5. The molecule has 0 unspecified atom stereocenters. The van der Waals surface area contributed by atoms with Gasteiger partial charge in [0.15, 0.2) is 0 Å². The topological polar surface area (TPSA) is 104 Å². The first-order chi connectivity index (χ1) is 20.6. The van der Waals surface area contributed by atoms with Crippen LogP contribution in [0.25, 0.3) is 10.9 Å². The number of hydrogen-bond acceptors (Lipinski definition) is 5. The fourth-order valence-corrected chi connectivity index (χ4v) is 8.11. The normalized spacial score (nSPS) is 18.5. The second kappa shape index (κ2) is 10.9. The summed E-state index contributed by atoms with van der Waals surface area (Å²) in [4.78, 5) is 15.2. The summed E-state index contributed by atoms with van der Waals surface area (Å²) in [5, 5.41) is 14.4. The smallest absolute Gasteiger partial charge is 0.322 e. The molecular formula is C31H32F2N4O5S. The third kappa shape index (κ3) is 4.92. The lowest BCUT2D eigenvalue weighted by Gasteiger charge is -2.50. The molecule has 0 radical (unpaired) electrons. The molecule has 12 heteroatoms. The zero-order valence-corrected chi connectivity index (χ0v) is 24.6. The second-order valence-corrected chi connectivity index (χ2v) is 13.0. The van der Waals surface area contributed by atoms with Crippen LogP contribution in [0, 0.1) is 11.6 Å². The standard InChI is InChI=1S/C31H32F2N4O5S/c1-35-26-17-23(42-2)10-11-25(26)28-29(35)27(18-38)37(30(39)34-22-8-6-20(32)7-9-22)19-31(28)12-14-36(15-13-31)43(40,41)24-5-3-4-21(33)16-24/h3-11,16-17,27,38H,12-15,18-19H2,1-2H3,(H,34,39)/t27-/m1/s1. The Morgan fingerprint density at radius 3 is 2.42 bits per heavy atom. The summed E-state index contributed by atoms with van der Waals surface area (Å²) >= 11 is 0.